The van der Waals surface area contributed by atoms with Gasteiger partial charge < -0.3 is 24.4 Å². The molecule has 8 nitrogen and oxygen atoms in total. The maximum atomic E-state index is 14.3. The van der Waals surface area contributed by atoms with Gasteiger partial charge in [-0.15, -0.1) is 0 Å². The number of ether oxygens (including phenoxy) is 2. The molecule has 4 heterocycles. The van der Waals surface area contributed by atoms with Gasteiger partial charge in [-0.2, -0.15) is 0 Å². The normalized spacial score (nSPS) is 34.2. The molecule has 4 aliphatic heterocycles. The molecule has 4 aliphatic rings. The van der Waals surface area contributed by atoms with E-state index in [9.17, 15) is 19.5 Å². The molecule has 186 valence electrons. The average Bonchev–Trinajstić information content (AvgIpc) is 3.14. The van der Waals surface area contributed by atoms with Crippen LogP contribution in [0, 0.1) is 11.8 Å². The fourth-order valence-electron chi connectivity index (χ4n) is 6.43. The van der Waals surface area contributed by atoms with Crippen molar-refractivity contribution in [2.75, 3.05) is 24.7 Å². The van der Waals surface area contributed by atoms with Crippen molar-refractivity contribution in [3.8, 4) is 0 Å². The van der Waals surface area contributed by atoms with Crippen LogP contribution in [0.15, 0.2) is 66.8 Å². The lowest BCUT2D eigenvalue weighted by Crippen LogP contribution is -2.58. The molecule has 0 aliphatic carbocycles. The van der Waals surface area contributed by atoms with Crippen LogP contribution in [0.1, 0.15) is 13.8 Å². The maximum absolute atomic E-state index is 14.3. The first-order valence-electron chi connectivity index (χ1n) is 12.3. The number of fused-ring (bicyclic) bond motifs is 3. The summed E-state index contributed by atoms with van der Waals surface area (Å²) in [4.78, 5) is 44.5. The van der Waals surface area contributed by atoms with Gasteiger partial charge in [-0.05, 0) is 42.8 Å². The Bertz CT molecular complexity index is 1340. The van der Waals surface area contributed by atoms with E-state index in [2.05, 4.69) is 0 Å². The average molecular weight is 489 g/mol. The smallest absolute Gasteiger partial charge is 0.313 e. The summed E-state index contributed by atoms with van der Waals surface area (Å²) < 4.78 is 12.0. The maximum Gasteiger partial charge on any atom is 0.313 e. The van der Waals surface area contributed by atoms with Gasteiger partial charge in [0.25, 0.3) is 5.91 Å². The summed E-state index contributed by atoms with van der Waals surface area (Å²) in [5.74, 6) is -3.09. The Morgan fingerprint density at radius 3 is 2.58 bits per heavy atom. The van der Waals surface area contributed by atoms with Crippen molar-refractivity contribution in [3.05, 3.63) is 66.8 Å². The standard InChI is InChI=1S/C28H28N2O6/c1-17(16-31)30-23-25(33)29(20-10-9-18-7-3-4-8-19(18)15-20)13-5-12-28(23)21(24(30)32)22-26(34)35-14-6-11-27(22,2)36-28/h3-12,15,17,21-23,31H,13-14,16H2,1-2H3/t17-,21+,22-,23?,27+,28+/m1/s1. The van der Waals surface area contributed by atoms with Crippen molar-refractivity contribution in [1.29, 1.82) is 0 Å². The van der Waals surface area contributed by atoms with Crippen LogP contribution in [-0.2, 0) is 23.9 Å². The van der Waals surface area contributed by atoms with E-state index in [0.717, 1.165) is 10.8 Å². The third-order valence-electron chi connectivity index (χ3n) is 8.03. The molecule has 8 heteroatoms. The van der Waals surface area contributed by atoms with Gasteiger partial charge in [0.1, 0.15) is 24.2 Å². The quantitative estimate of drug-likeness (QED) is 0.526. The van der Waals surface area contributed by atoms with Gasteiger partial charge in [0.15, 0.2) is 0 Å². The number of carbonyl (C=O) groups is 3. The zero-order chi connectivity index (χ0) is 25.2. The molecule has 2 amide bonds. The first kappa shape index (κ1) is 22.9. The fraction of sp³-hybridized carbons (Fsp3) is 0.393. The number of hydrogen-bond donors (Lipinski definition) is 1. The van der Waals surface area contributed by atoms with Crippen molar-refractivity contribution < 1.29 is 29.0 Å². The van der Waals surface area contributed by atoms with Crippen LogP contribution in [0.25, 0.3) is 10.8 Å². The van der Waals surface area contributed by atoms with Crippen molar-refractivity contribution >= 4 is 34.2 Å². The third kappa shape index (κ3) is 3.04. The summed E-state index contributed by atoms with van der Waals surface area (Å²) in [6, 6.07) is 12.0. The Morgan fingerprint density at radius 2 is 1.81 bits per heavy atom. The minimum atomic E-state index is -1.37. The van der Waals surface area contributed by atoms with Gasteiger partial charge >= 0.3 is 5.97 Å². The first-order chi connectivity index (χ1) is 17.3. The van der Waals surface area contributed by atoms with Gasteiger partial charge in [0.2, 0.25) is 5.91 Å². The molecule has 1 unspecified atom stereocenters. The summed E-state index contributed by atoms with van der Waals surface area (Å²) in [7, 11) is 0. The summed E-state index contributed by atoms with van der Waals surface area (Å²) in [6.45, 7) is 3.52. The summed E-state index contributed by atoms with van der Waals surface area (Å²) in [6.07, 6.45) is 7.10. The SMILES string of the molecule is C[C@H](CO)N1C(=O)[C@@H]2[C@@H]3C(=O)OCC=C[C@]3(C)O[C@@]23C=CCN(c2ccc4ccccc4c2)C(=O)C13. The van der Waals surface area contributed by atoms with Crippen molar-refractivity contribution in [2.24, 2.45) is 11.8 Å². The van der Waals surface area contributed by atoms with Gasteiger partial charge in [-0.1, -0.05) is 48.6 Å². The number of nitrogens with zero attached hydrogens (tertiary/aromatic N) is 2. The van der Waals surface area contributed by atoms with E-state index in [1.54, 1.807) is 37.0 Å². The number of benzene rings is 2. The number of rotatable bonds is 3. The number of anilines is 1. The molecule has 0 radical (unpaired) electrons. The van der Waals surface area contributed by atoms with E-state index in [1.165, 1.54) is 4.90 Å². The number of hydrogen-bond acceptors (Lipinski definition) is 6. The highest BCUT2D eigenvalue weighted by Crippen LogP contribution is 2.57. The molecule has 1 spiro atoms. The lowest BCUT2D eigenvalue weighted by Gasteiger charge is -2.39. The largest absolute Gasteiger partial charge is 0.461 e. The van der Waals surface area contributed by atoms with Crippen LogP contribution in [0.3, 0.4) is 0 Å². The second kappa shape index (κ2) is 8.01. The fourth-order valence-corrected chi connectivity index (χ4v) is 6.43. The first-order valence-corrected chi connectivity index (χ1v) is 12.3. The van der Waals surface area contributed by atoms with Crippen LogP contribution in [0.5, 0.6) is 0 Å². The number of aliphatic hydroxyl groups excluding tert-OH is 1. The zero-order valence-corrected chi connectivity index (χ0v) is 20.2. The van der Waals surface area contributed by atoms with E-state index >= 15 is 0 Å². The monoisotopic (exact) mass is 488 g/mol. The van der Waals surface area contributed by atoms with Crippen LogP contribution in [0.2, 0.25) is 0 Å². The van der Waals surface area contributed by atoms with Crippen LogP contribution in [-0.4, -0.2) is 70.8 Å². The van der Waals surface area contributed by atoms with Gasteiger partial charge in [-0.3, -0.25) is 14.4 Å². The van der Waals surface area contributed by atoms with E-state index in [0.29, 0.717) is 5.69 Å². The molecular formula is C28H28N2O6. The van der Waals surface area contributed by atoms with E-state index in [4.69, 9.17) is 9.47 Å². The molecular weight excluding hydrogens is 460 g/mol. The summed E-state index contributed by atoms with van der Waals surface area (Å²) >= 11 is 0. The van der Waals surface area contributed by atoms with Gasteiger partial charge in [0.05, 0.1) is 24.2 Å². The molecule has 2 aromatic carbocycles. The molecule has 0 bridgehead atoms. The Balaban J connectivity index is 1.50. The Kier molecular flexibility index (Phi) is 5.10. The van der Waals surface area contributed by atoms with Crippen LogP contribution >= 0.6 is 0 Å². The molecule has 0 aromatic heterocycles. The van der Waals surface area contributed by atoms with Crippen LogP contribution < -0.4 is 4.90 Å². The van der Waals surface area contributed by atoms with Crippen molar-refractivity contribution in [2.45, 2.75) is 37.1 Å². The third-order valence-corrected chi connectivity index (χ3v) is 8.03. The second-order valence-electron chi connectivity index (χ2n) is 10.2. The highest BCUT2D eigenvalue weighted by atomic mass is 16.6. The molecule has 6 atom stereocenters. The van der Waals surface area contributed by atoms with E-state index in [-0.39, 0.29) is 31.6 Å². The molecule has 6 rings (SSSR count). The Hall–Kier alpha value is -3.49. The molecule has 2 saturated heterocycles. The minimum Gasteiger partial charge on any atom is -0.461 e. The minimum absolute atomic E-state index is 0.104. The van der Waals surface area contributed by atoms with Gasteiger partial charge in [-0.25, -0.2) is 0 Å². The molecule has 1 N–H and O–H groups in total. The van der Waals surface area contributed by atoms with Crippen LogP contribution in [0.4, 0.5) is 5.69 Å². The number of esters is 1. The number of carbonyl (C=O) groups excluding carboxylic acids is 3. The highest BCUT2D eigenvalue weighted by Gasteiger charge is 2.75. The van der Waals surface area contributed by atoms with E-state index in [1.807, 2.05) is 48.5 Å². The number of amides is 2. The lowest BCUT2D eigenvalue weighted by molar-refractivity contribution is -0.157. The van der Waals surface area contributed by atoms with E-state index < -0.39 is 41.1 Å². The zero-order valence-electron chi connectivity index (χ0n) is 20.2. The highest BCUT2D eigenvalue weighted by molar-refractivity contribution is 6.06. The summed E-state index contributed by atoms with van der Waals surface area (Å²) in [5.41, 5.74) is -1.78. The Morgan fingerprint density at radius 1 is 1.03 bits per heavy atom. The number of cyclic esters (lactones) is 1. The molecule has 0 saturated carbocycles. The molecule has 2 fully saturated rings. The Labute approximate surface area is 208 Å². The lowest BCUT2D eigenvalue weighted by atomic mass is 9.75. The number of aliphatic hydroxyl groups is 1. The summed E-state index contributed by atoms with van der Waals surface area (Å²) in [5, 5.41) is 12.1. The number of likely N-dealkylation sites (tertiary alicyclic amines) is 1. The van der Waals surface area contributed by atoms with Crippen molar-refractivity contribution in [3.63, 3.8) is 0 Å². The van der Waals surface area contributed by atoms with Crippen molar-refractivity contribution in [1.82, 2.24) is 4.90 Å². The van der Waals surface area contributed by atoms with Gasteiger partial charge in [0, 0.05) is 12.2 Å². The predicted molar refractivity (Wildman–Crippen MR) is 132 cm³/mol. The topological polar surface area (TPSA) is 96.4 Å². The molecule has 36 heavy (non-hydrogen) atoms. The molecule has 2 aromatic rings. The predicted octanol–water partition coefficient (Wildman–Crippen LogP) is 2.21. The second-order valence-corrected chi connectivity index (χ2v) is 10.2.